The van der Waals surface area contributed by atoms with E-state index in [2.05, 4.69) is 16.0 Å². The van der Waals surface area contributed by atoms with Crippen molar-refractivity contribution in [3.8, 4) is 11.4 Å². The summed E-state index contributed by atoms with van der Waals surface area (Å²) in [5.41, 5.74) is 5.49. The number of hydrogen-bond donors (Lipinski definition) is 1. The first-order valence-electron chi connectivity index (χ1n) is 8.52. The number of anilines is 1. The van der Waals surface area contributed by atoms with Crippen LogP contribution in [0.2, 0.25) is 0 Å². The highest BCUT2D eigenvalue weighted by Crippen LogP contribution is 2.25. The molecule has 128 valence electrons. The number of carbonyl (C=O) groups excluding carboxylic acids is 1. The van der Waals surface area contributed by atoms with Crippen LogP contribution in [-0.4, -0.2) is 15.5 Å². The Balaban J connectivity index is 1.59. The van der Waals surface area contributed by atoms with Crippen LogP contribution in [0.25, 0.3) is 22.4 Å². The molecule has 0 saturated heterocycles. The summed E-state index contributed by atoms with van der Waals surface area (Å²) in [6, 6.07) is 23.4. The molecule has 4 heteroatoms. The highest BCUT2D eigenvalue weighted by atomic mass is 16.1. The lowest BCUT2D eigenvalue weighted by molar-refractivity contribution is 0.102. The smallest absolute Gasteiger partial charge is 0.255 e. The molecule has 4 rings (SSSR count). The van der Waals surface area contributed by atoms with Gasteiger partial charge in [-0.3, -0.25) is 4.79 Å². The summed E-state index contributed by atoms with van der Waals surface area (Å²) in [4.78, 5) is 17.1. The molecular formula is C22H19N3O. The Labute approximate surface area is 152 Å². The SMILES string of the molecule is Cc1ccccc1C(=O)Nc1ccc(-c2nc3ccccc3n2C)cc1. The van der Waals surface area contributed by atoms with Crippen molar-refractivity contribution in [1.29, 1.82) is 0 Å². The minimum atomic E-state index is -0.0985. The van der Waals surface area contributed by atoms with Gasteiger partial charge in [0, 0.05) is 23.9 Å². The van der Waals surface area contributed by atoms with Crippen molar-refractivity contribution in [3.63, 3.8) is 0 Å². The van der Waals surface area contributed by atoms with Crippen molar-refractivity contribution in [2.24, 2.45) is 7.05 Å². The molecule has 1 N–H and O–H groups in total. The van der Waals surface area contributed by atoms with Crippen molar-refractivity contribution in [2.75, 3.05) is 5.32 Å². The minimum Gasteiger partial charge on any atom is -0.327 e. The van der Waals surface area contributed by atoms with Gasteiger partial charge >= 0.3 is 0 Å². The maximum absolute atomic E-state index is 12.4. The summed E-state index contributed by atoms with van der Waals surface area (Å²) in [6.07, 6.45) is 0. The minimum absolute atomic E-state index is 0.0985. The lowest BCUT2D eigenvalue weighted by Crippen LogP contribution is -2.13. The first kappa shape index (κ1) is 16.1. The van der Waals surface area contributed by atoms with Gasteiger partial charge in [0.2, 0.25) is 0 Å². The average Bonchev–Trinajstić information content (AvgIpc) is 3.00. The van der Waals surface area contributed by atoms with Crippen molar-refractivity contribution in [3.05, 3.63) is 83.9 Å². The van der Waals surface area contributed by atoms with E-state index in [-0.39, 0.29) is 5.91 Å². The third-order valence-corrected chi connectivity index (χ3v) is 4.58. The zero-order chi connectivity index (χ0) is 18.1. The van der Waals surface area contributed by atoms with Gasteiger partial charge in [-0.15, -0.1) is 0 Å². The van der Waals surface area contributed by atoms with E-state index in [4.69, 9.17) is 4.98 Å². The van der Waals surface area contributed by atoms with Gasteiger partial charge in [0.15, 0.2) is 0 Å². The second kappa shape index (κ2) is 6.48. The van der Waals surface area contributed by atoms with Crippen LogP contribution in [0.1, 0.15) is 15.9 Å². The van der Waals surface area contributed by atoms with Crippen LogP contribution in [0.15, 0.2) is 72.8 Å². The number of rotatable bonds is 3. The molecule has 0 aliphatic carbocycles. The normalized spacial score (nSPS) is 10.8. The Bertz CT molecular complexity index is 1090. The molecule has 0 aliphatic rings. The van der Waals surface area contributed by atoms with Gasteiger partial charge in [-0.2, -0.15) is 0 Å². The van der Waals surface area contributed by atoms with E-state index in [0.717, 1.165) is 33.7 Å². The Morgan fingerprint density at radius 2 is 1.62 bits per heavy atom. The van der Waals surface area contributed by atoms with Crippen LogP contribution >= 0.6 is 0 Å². The third-order valence-electron chi connectivity index (χ3n) is 4.58. The summed E-state index contributed by atoms with van der Waals surface area (Å²) in [6.45, 7) is 1.93. The Morgan fingerprint density at radius 3 is 2.35 bits per heavy atom. The number of imidazole rings is 1. The number of nitrogens with zero attached hydrogens (tertiary/aromatic N) is 2. The molecule has 0 atom stereocenters. The lowest BCUT2D eigenvalue weighted by Gasteiger charge is -2.08. The molecule has 4 nitrogen and oxygen atoms in total. The largest absolute Gasteiger partial charge is 0.327 e. The molecule has 0 fully saturated rings. The predicted molar refractivity (Wildman–Crippen MR) is 105 cm³/mol. The highest BCUT2D eigenvalue weighted by Gasteiger charge is 2.11. The van der Waals surface area contributed by atoms with Gasteiger partial charge in [0.1, 0.15) is 5.82 Å². The number of carbonyl (C=O) groups is 1. The number of para-hydroxylation sites is 2. The number of hydrogen-bond acceptors (Lipinski definition) is 2. The van der Waals surface area contributed by atoms with E-state index >= 15 is 0 Å². The molecule has 0 spiro atoms. The van der Waals surface area contributed by atoms with E-state index in [1.165, 1.54) is 0 Å². The molecule has 4 aromatic rings. The first-order valence-corrected chi connectivity index (χ1v) is 8.52. The lowest BCUT2D eigenvalue weighted by atomic mass is 10.1. The van der Waals surface area contributed by atoms with Gasteiger partial charge in [-0.25, -0.2) is 4.98 Å². The molecule has 1 heterocycles. The molecule has 0 aliphatic heterocycles. The maximum atomic E-state index is 12.4. The van der Waals surface area contributed by atoms with E-state index in [1.807, 2.05) is 80.7 Å². The van der Waals surface area contributed by atoms with E-state index in [9.17, 15) is 4.79 Å². The van der Waals surface area contributed by atoms with Gasteiger partial charge in [0.05, 0.1) is 11.0 Å². The van der Waals surface area contributed by atoms with E-state index in [0.29, 0.717) is 5.56 Å². The van der Waals surface area contributed by atoms with Crippen molar-refractivity contribution >= 4 is 22.6 Å². The maximum Gasteiger partial charge on any atom is 0.255 e. The molecule has 1 amide bonds. The zero-order valence-electron chi connectivity index (χ0n) is 14.7. The summed E-state index contributed by atoms with van der Waals surface area (Å²) in [5.74, 6) is 0.807. The van der Waals surface area contributed by atoms with Gasteiger partial charge in [0.25, 0.3) is 5.91 Å². The topological polar surface area (TPSA) is 46.9 Å². The molecule has 0 unspecified atom stereocenters. The highest BCUT2D eigenvalue weighted by molar-refractivity contribution is 6.05. The van der Waals surface area contributed by atoms with Crippen LogP contribution < -0.4 is 5.32 Å². The molecule has 1 aromatic heterocycles. The van der Waals surface area contributed by atoms with Gasteiger partial charge in [-0.05, 0) is 55.0 Å². The van der Waals surface area contributed by atoms with E-state index in [1.54, 1.807) is 0 Å². The third kappa shape index (κ3) is 2.86. The van der Waals surface area contributed by atoms with Crippen molar-refractivity contribution in [1.82, 2.24) is 9.55 Å². The molecule has 0 bridgehead atoms. The molecule has 3 aromatic carbocycles. The fraction of sp³-hybridized carbons (Fsp3) is 0.0909. The van der Waals surface area contributed by atoms with Crippen LogP contribution in [0.4, 0.5) is 5.69 Å². The second-order valence-corrected chi connectivity index (χ2v) is 6.33. The van der Waals surface area contributed by atoms with Crippen LogP contribution in [0.5, 0.6) is 0 Å². The summed E-state index contributed by atoms with van der Waals surface area (Å²) < 4.78 is 2.08. The summed E-state index contributed by atoms with van der Waals surface area (Å²) >= 11 is 0. The Morgan fingerprint density at radius 1 is 0.923 bits per heavy atom. The number of amides is 1. The van der Waals surface area contributed by atoms with Crippen molar-refractivity contribution in [2.45, 2.75) is 6.92 Å². The number of aromatic nitrogens is 2. The van der Waals surface area contributed by atoms with Gasteiger partial charge in [-0.1, -0.05) is 30.3 Å². The number of fused-ring (bicyclic) bond motifs is 1. The fourth-order valence-corrected chi connectivity index (χ4v) is 3.13. The van der Waals surface area contributed by atoms with E-state index < -0.39 is 0 Å². The molecule has 0 radical (unpaired) electrons. The molecule has 26 heavy (non-hydrogen) atoms. The Kier molecular flexibility index (Phi) is 4.01. The standard InChI is InChI=1S/C22H19N3O/c1-15-7-3-4-8-18(15)22(26)23-17-13-11-16(12-14-17)21-24-19-9-5-6-10-20(19)25(21)2/h3-14H,1-2H3,(H,23,26). The quantitative estimate of drug-likeness (QED) is 0.582. The monoisotopic (exact) mass is 341 g/mol. The first-order chi connectivity index (χ1) is 12.6. The average molecular weight is 341 g/mol. The summed E-state index contributed by atoms with van der Waals surface area (Å²) in [5, 5.41) is 2.95. The molecular weight excluding hydrogens is 322 g/mol. The van der Waals surface area contributed by atoms with Crippen LogP contribution in [0.3, 0.4) is 0 Å². The Hall–Kier alpha value is -3.40. The van der Waals surface area contributed by atoms with Crippen molar-refractivity contribution < 1.29 is 4.79 Å². The second-order valence-electron chi connectivity index (χ2n) is 6.33. The van der Waals surface area contributed by atoms with Crippen LogP contribution in [0, 0.1) is 6.92 Å². The zero-order valence-corrected chi connectivity index (χ0v) is 14.7. The number of aryl methyl sites for hydroxylation is 2. The fourth-order valence-electron chi connectivity index (χ4n) is 3.13. The summed E-state index contributed by atoms with van der Waals surface area (Å²) in [7, 11) is 2.01. The van der Waals surface area contributed by atoms with Crippen LogP contribution in [-0.2, 0) is 7.05 Å². The number of nitrogens with one attached hydrogen (secondary N) is 1. The number of benzene rings is 3. The van der Waals surface area contributed by atoms with Gasteiger partial charge < -0.3 is 9.88 Å². The predicted octanol–water partition coefficient (Wildman–Crippen LogP) is 4.80. The molecule has 0 saturated carbocycles.